The van der Waals surface area contributed by atoms with Crippen LogP contribution in [-0.2, 0) is 14.8 Å². The van der Waals surface area contributed by atoms with E-state index < -0.39 is 10.0 Å². The third-order valence-electron chi connectivity index (χ3n) is 4.94. The van der Waals surface area contributed by atoms with Crippen LogP contribution in [0, 0.1) is 5.41 Å². The van der Waals surface area contributed by atoms with Crippen molar-refractivity contribution in [2.45, 2.75) is 17.7 Å². The molecular weight excluding hydrogens is 376 g/mol. The molecule has 2 aliphatic heterocycles. The number of nitrogens with zero attached hydrogens (tertiary/aromatic N) is 2. The van der Waals surface area contributed by atoms with E-state index in [-0.39, 0.29) is 16.9 Å². The number of halogens is 1. The van der Waals surface area contributed by atoms with E-state index in [1.807, 2.05) is 0 Å². The van der Waals surface area contributed by atoms with E-state index in [0.29, 0.717) is 11.6 Å². The van der Waals surface area contributed by atoms with Crippen molar-refractivity contribution >= 4 is 27.6 Å². The molecule has 7 nitrogen and oxygen atoms in total. The molecule has 9 heteroatoms. The number of rotatable bonds is 5. The van der Waals surface area contributed by atoms with Crippen LogP contribution >= 0.6 is 11.6 Å². The van der Waals surface area contributed by atoms with Gasteiger partial charge in [0, 0.05) is 50.3 Å². The summed E-state index contributed by atoms with van der Waals surface area (Å²) in [4.78, 5) is 6.71. The first-order valence-corrected chi connectivity index (χ1v) is 10.6. The maximum atomic E-state index is 12.3. The summed E-state index contributed by atoms with van der Waals surface area (Å²) in [5.74, 6) is 0.802. The van der Waals surface area contributed by atoms with Gasteiger partial charge in [-0.25, -0.2) is 13.1 Å². The van der Waals surface area contributed by atoms with E-state index in [4.69, 9.17) is 16.3 Å². The monoisotopic (exact) mass is 400 g/mol. The van der Waals surface area contributed by atoms with E-state index in [1.165, 1.54) is 12.1 Å². The first kappa shape index (κ1) is 19.4. The quantitative estimate of drug-likeness (QED) is 0.442. The van der Waals surface area contributed by atoms with Gasteiger partial charge in [-0.3, -0.25) is 4.99 Å². The molecule has 1 aromatic carbocycles. The Kier molecular flexibility index (Phi) is 6.06. The summed E-state index contributed by atoms with van der Waals surface area (Å²) >= 11 is 5.86. The molecule has 2 aliphatic rings. The molecule has 1 spiro atoms. The Morgan fingerprint density at radius 2 is 2.23 bits per heavy atom. The van der Waals surface area contributed by atoms with Gasteiger partial charge in [0.05, 0.1) is 11.5 Å². The number of sulfonamides is 1. The van der Waals surface area contributed by atoms with Gasteiger partial charge in [0.15, 0.2) is 5.96 Å². The number of guanidine groups is 1. The van der Waals surface area contributed by atoms with Gasteiger partial charge < -0.3 is 15.0 Å². The number of aliphatic imine (C=N–C) groups is 1. The SMILES string of the molecule is CN=C(NCCNS(=O)(=O)c1cccc(Cl)c1)N1CCC2(CCOC2)C1. The van der Waals surface area contributed by atoms with Crippen molar-refractivity contribution in [2.75, 3.05) is 46.4 Å². The van der Waals surface area contributed by atoms with Crippen LogP contribution < -0.4 is 10.0 Å². The molecule has 144 valence electrons. The van der Waals surface area contributed by atoms with Gasteiger partial charge in [0.2, 0.25) is 10.0 Å². The van der Waals surface area contributed by atoms with Crippen molar-refractivity contribution < 1.29 is 13.2 Å². The molecule has 0 radical (unpaired) electrons. The smallest absolute Gasteiger partial charge is 0.240 e. The van der Waals surface area contributed by atoms with Crippen molar-refractivity contribution in [3.63, 3.8) is 0 Å². The fraction of sp³-hybridized carbons (Fsp3) is 0.588. The van der Waals surface area contributed by atoms with Gasteiger partial charge in [-0.05, 0) is 31.0 Å². The molecule has 1 unspecified atom stereocenters. The highest BCUT2D eigenvalue weighted by atomic mass is 35.5. The molecule has 2 heterocycles. The Bertz CT molecular complexity index is 763. The molecule has 0 amide bonds. The lowest BCUT2D eigenvalue weighted by Gasteiger charge is -2.25. The van der Waals surface area contributed by atoms with Crippen LogP contribution in [0.1, 0.15) is 12.8 Å². The van der Waals surface area contributed by atoms with Gasteiger partial charge in [0.25, 0.3) is 0 Å². The number of hydrogen-bond acceptors (Lipinski definition) is 4. The average Bonchev–Trinajstić information content (AvgIpc) is 3.25. The highest BCUT2D eigenvalue weighted by Crippen LogP contribution is 2.38. The molecule has 0 saturated carbocycles. The highest BCUT2D eigenvalue weighted by molar-refractivity contribution is 7.89. The second-order valence-electron chi connectivity index (χ2n) is 6.80. The van der Waals surface area contributed by atoms with Crippen molar-refractivity contribution in [2.24, 2.45) is 10.4 Å². The summed E-state index contributed by atoms with van der Waals surface area (Å²) in [6.07, 6.45) is 2.20. The van der Waals surface area contributed by atoms with Crippen LogP contribution in [0.3, 0.4) is 0 Å². The Morgan fingerprint density at radius 3 is 2.92 bits per heavy atom. The Labute approximate surface area is 159 Å². The predicted octanol–water partition coefficient (Wildman–Crippen LogP) is 1.31. The Morgan fingerprint density at radius 1 is 1.38 bits per heavy atom. The van der Waals surface area contributed by atoms with Crippen LogP contribution in [0.4, 0.5) is 0 Å². The minimum Gasteiger partial charge on any atom is -0.381 e. The molecular formula is C17H25ClN4O3S. The average molecular weight is 401 g/mol. The van der Waals surface area contributed by atoms with E-state index in [1.54, 1.807) is 19.2 Å². The van der Waals surface area contributed by atoms with Crippen molar-refractivity contribution in [1.82, 2.24) is 14.9 Å². The molecule has 1 aromatic rings. The topological polar surface area (TPSA) is 83.0 Å². The van der Waals surface area contributed by atoms with Crippen molar-refractivity contribution in [3.8, 4) is 0 Å². The van der Waals surface area contributed by atoms with Crippen LogP contribution in [0.15, 0.2) is 34.2 Å². The maximum Gasteiger partial charge on any atom is 0.240 e. The third kappa shape index (κ3) is 4.49. The minimum atomic E-state index is -3.57. The van der Waals surface area contributed by atoms with Crippen LogP contribution in [-0.4, -0.2) is 65.7 Å². The van der Waals surface area contributed by atoms with Crippen LogP contribution in [0.2, 0.25) is 5.02 Å². The molecule has 26 heavy (non-hydrogen) atoms. The third-order valence-corrected chi connectivity index (χ3v) is 6.64. The molecule has 1 atom stereocenters. The lowest BCUT2D eigenvalue weighted by molar-refractivity contribution is 0.156. The second kappa shape index (κ2) is 8.12. The largest absolute Gasteiger partial charge is 0.381 e. The maximum absolute atomic E-state index is 12.3. The molecule has 2 saturated heterocycles. The van der Waals surface area contributed by atoms with E-state index in [2.05, 4.69) is 19.9 Å². The lowest BCUT2D eigenvalue weighted by Crippen LogP contribution is -2.44. The summed E-state index contributed by atoms with van der Waals surface area (Å²) in [7, 11) is -1.82. The lowest BCUT2D eigenvalue weighted by atomic mass is 9.87. The van der Waals surface area contributed by atoms with Gasteiger partial charge in [-0.2, -0.15) is 0 Å². The highest BCUT2D eigenvalue weighted by Gasteiger charge is 2.42. The summed E-state index contributed by atoms with van der Waals surface area (Å²) in [6, 6.07) is 6.22. The van der Waals surface area contributed by atoms with E-state index >= 15 is 0 Å². The summed E-state index contributed by atoms with van der Waals surface area (Å²) in [6.45, 7) is 4.24. The van der Waals surface area contributed by atoms with E-state index in [0.717, 1.165) is 45.1 Å². The van der Waals surface area contributed by atoms with Crippen molar-refractivity contribution in [3.05, 3.63) is 29.3 Å². The predicted molar refractivity (Wildman–Crippen MR) is 102 cm³/mol. The van der Waals surface area contributed by atoms with Crippen LogP contribution in [0.25, 0.3) is 0 Å². The molecule has 0 aromatic heterocycles. The number of hydrogen-bond donors (Lipinski definition) is 2. The zero-order valence-corrected chi connectivity index (χ0v) is 16.4. The van der Waals surface area contributed by atoms with Crippen molar-refractivity contribution in [1.29, 1.82) is 0 Å². The zero-order valence-electron chi connectivity index (χ0n) is 14.9. The summed E-state index contributed by atoms with van der Waals surface area (Å²) in [5, 5.41) is 3.63. The Balaban J connectivity index is 1.48. The number of benzene rings is 1. The summed E-state index contributed by atoms with van der Waals surface area (Å²) in [5.41, 5.74) is 0.256. The number of ether oxygens (including phenoxy) is 1. The van der Waals surface area contributed by atoms with Gasteiger partial charge >= 0.3 is 0 Å². The van der Waals surface area contributed by atoms with Gasteiger partial charge in [-0.15, -0.1) is 0 Å². The van der Waals surface area contributed by atoms with Gasteiger partial charge in [-0.1, -0.05) is 17.7 Å². The fourth-order valence-electron chi connectivity index (χ4n) is 3.50. The second-order valence-corrected chi connectivity index (χ2v) is 9.01. The number of likely N-dealkylation sites (tertiary alicyclic amines) is 1. The fourth-order valence-corrected chi connectivity index (χ4v) is 4.83. The van der Waals surface area contributed by atoms with Crippen LogP contribution in [0.5, 0.6) is 0 Å². The van der Waals surface area contributed by atoms with E-state index in [9.17, 15) is 8.42 Å². The molecule has 2 fully saturated rings. The zero-order chi connectivity index (χ0) is 18.6. The molecule has 3 rings (SSSR count). The standard InChI is InChI=1S/C17H25ClN4O3S/c1-19-16(22-9-5-17(12-22)6-10-25-13-17)20-7-8-21-26(23,24)15-4-2-3-14(18)11-15/h2-4,11,21H,5-10,12-13H2,1H3,(H,19,20). The molecule has 0 bridgehead atoms. The molecule has 2 N–H and O–H groups in total. The summed E-state index contributed by atoms with van der Waals surface area (Å²) < 4.78 is 32.7. The number of nitrogens with one attached hydrogen (secondary N) is 2. The molecule has 0 aliphatic carbocycles. The Hall–Kier alpha value is -1.35. The first-order valence-electron chi connectivity index (χ1n) is 8.73. The normalized spacial score (nSPS) is 23.8. The first-order chi connectivity index (χ1) is 12.4. The minimum absolute atomic E-state index is 0.164. The van der Waals surface area contributed by atoms with Gasteiger partial charge in [0.1, 0.15) is 0 Å².